The molecule has 3 rings (SSSR count). The topological polar surface area (TPSA) is 77.2 Å². The van der Waals surface area contributed by atoms with Gasteiger partial charge in [-0.15, -0.1) is 10.2 Å². The number of anilines is 1. The van der Waals surface area contributed by atoms with Crippen LogP contribution < -0.4 is 10.1 Å². The summed E-state index contributed by atoms with van der Waals surface area (Å²) < 4.78 is 10.5. The summed E-state index contributed by atoms with van der Waals surface area (Å²) in [6.45, 7) is 0. The first-order valence-corrected chi connectivity index (χ1v) is 7.48. The maximum Gasteiger partial charge on any atom is 0.248 e. The van der Waals surface area contributed by atoms with E-state index in [0.717, 1.165) is 11.3 Å². The second-order valence-corrected chi connectivity index (χ2v) is 5.25. The monoisotopic (exact) mass is 315 g/mol. The highest BCUT2D eigenvalue weighted by atomic mass is 32.1. The van der Waals surface area contributed by atoms with Crippen molar-refractivity contribution in [3.05, 3.63) is 47.0 Å². The highest BCUT2D eigenvalue weighted by Gasteiger charge is 2.12. The Balaban J connectivity index is 1.61. The molecular formula is C15H13N3O3S. The van der Waals surface area contributed by atoms with E-state index in [4.69, 9.17) is 9.15 Å². The van der Waals surface area contributed by atoms with Gasteiger partial charge < -0.3 is 14.5 Å². The number of hydrogen-bond donors (Lipinski definition) is 1. The van der Waals surface area contributed by atoms with Crippen molar-refractivity contribution in [3.8, 4) is 17.2 Å². The van der Waals surface area contributed by atoms with Crippen LogP contribution in [0.1, 0.15) is 5.89 Å². The zero-order valence-corrected chi connectivity index (χ0v) is 12.6. The van der Waals surface area contributed by atoms with Crippen molar-refractivity contribution in [1.29, 1.82) is 0 Å². The summed E-state index contributed by atoms with van der Waals surface area (Å²) in [6.07, 6.45) is 0.0309. The molecule has 2 aromatic heterocycles. The second-order valence-electron chi connectivity index (χ2n) is 4.47. The molecule has 0 fully saturated rings. The smallest absolute Gasteiger partial charge is 0.248 e. The molecule has 6 nitrogen and oxygen atoms in total. The van der Waals surface area contributed by atoms with Gasteiger partial charge in [0.2, 0.25) is 17.7 Å². The standard InChI is InChI=1S/C15H13N3O3S/c1-20-12-4-2-11(3-5-12)16-13(19)8-14-17-18-15(21-14)10-6-7-22-9-10/h2-7,9H,8H2,1H3,(H,16,19). The average Bonchev–Trinajstić information content (AvgIpc) is 3.19. The predicted octanol–water partition coefficient (Wildman–Crippen LogP) is 2.99. The molecule has 1 N–H and O–H groups in total. The van der Waals surface area contributed by atoms with Gasteiger partial charge in [-0.3, -0.25) is 4.79 Å². The summed E-state index contributed by atoms with van der Waals surface area (Å²) >= 11 is 1.55. The zero-order valence-electron chi connectivity index (χ0n) is 11.8. The number of benzene rings is 1. The molecule has 0 bridgehead atoms. The Morgan fingerprint density at radius 1 is 1.27 bits per heavy atom. The van der Waals surface area contributed by atoms with Crippen molar-refractivity contribution >= 4 is 22.9 Å². The summed E-state index contributed by atoms with van der Waals surface area (Å²) in [5.41, 5.74) is 1.54. The first kappa shape index (κ1) is 14.3. The lowest BCUT2D eigenvalue weighted by Crippen LogP contribution is -2.14. The molecule has 0 spiro atoms. The van der Waals surface area contributed by atoms with Crippen LogP contribution in [0.3, 0.4) is 0 Å². The first-order chi connectivity index (χ1) is 10.7. The molecule has 0 unspecified atom stereocenters. The number of methoxy groups -OCH3 is 1. The van der Waals surface area contributed by atoms with E-state index in [2.05, 4.69) is 15.5 Å². The number of carbonyl (C=O) groups is 1. The number of nitrogens with one attached hydrogen (secondary N) is 1. The molecule has 0 aliphatic rings. The van der Waals surface area contributed by atoms with Crippen molar-refractivity contribution < 1.29 is 13.9 Å². The lowest BCUT2D eigenvalue weighted by molar-refractivity contribution is -0.115. The summed E-state index contributed by atoms with van der Waals surface area (Å²) in [5.74, 6) is 1.22. The minimum atomic E-state index is -0.217. The largest absolute Gasteiger partial charge is 0.497 e. The van der Waals surface area contributed by atoms with Gasteiger partial charge in [0.05, 0.1) is 7.11 Å². The Morgan fingerprint density at radius 2 is 2.09 bits per heavy atom. The number of aromatic nitrogens is 2. The maximum absolute atomic E-state index is 12.0. The van der Waals surface area contributed by atoms with Gasteiger partial charge in [-0.1, -0.05) is 0 Å². The van der Waals surface area contributed by atoms with E-state index in [1.807, 2.05) is 16.8 Å². The first-order valence-electron chi connectivity index (χ1n) is 6.53. The molecule has 7 heteroatoms. The van der Waals surface area contributed by atoms with Gasteiger partial charge in [0.1, 0.15) is 12.2 Å². The summed E-state index contributed by atoms with van der Waals surface area (Å²) in [4.78, 5) is 12.0. The summed E-state index contributed by atoms with van der Waals surface area (Å²) in [7, 11) is 1.59. The lowest BCUT2D eigenvalue weighted by atomic mass is 10.3. The van der Waals surface area contributed by atoms with Gasteiger partial charge >= 0.3 is 0 Å². The molecule has 1 amide bonds. The third-order valence-electron chi connectivity index (χ3n) is 2.92. The molecule has 0 aliphatic heterocycles. The molecular weight excluding hydrogens is 302 g/mol. The van der Waals surface area contributed by atoms with Crippen molar-refractivity contribution in [1.82, 2.24) is 10.2 Å². The van der Waals surface area contributed by atoms with Gasteiger partial charge in [-0.2, -0.15) is 11.3 Å². The Labute approximate surface area is 130 Å². The number of amides is 1. The number of thiophene rings is 1. The Kier molecular flexibility index (Phi) is 4.15. The maximum atomic E-state index is 12.0. The van der Waals surface area contributed by atoms with Crippen LogP contribution in [0.2, 0.25) is 0 Å². The molecule has 22 heavy (non-hydrogen) atoms. The van der Waals surface area contributed by atoms with E-state index in [9.17, 15) is 4.79 Å². The van der Waals surface area contributed by atoms with Crippen LogP contribution in [0, 0.1) is 0 Å². The van der Waals surface area contributed by atoms with E-state index in [1.54, 1.807) is 42.7 Å². The van der Waals surface area contributed by atoms with Crippen LogP contribution in [0.15, 0.2) is 45.5 Å². The molecule has 0 aliphatic carbocycles. The van der Waals surface area contributed by atoms with Crippen LogP contribution in [0.25, 0.3) is 11.5 Å². The number of rotatable bonds is 5. The van der Waals surface area contributed by atoms with Gasteiger partial charge in [-0.05, 0) is 35.7 Å². The van der Waals surface area contributed by atoms with Crippen LogP contribution in [-0.4, -0.2) is 23.2 Å². The van der Waals surface area contributed by atoms with Gasteiger partial charge in [0.25, 0.3) is 0 Å². The fraction of sp³-hybridized carbons (Fsp3) is 0.133. The minimum Gasteiger partial charge on any atom is -0.497 e. The van der Waals surface area contributed by atoms with E-state index in [-0.39, 0.29) is 18.2 Å². The molecule has 3 aromatic rings. The van der Waals surface area contributed by atoms with Crippen molar-refractivity contribution in [2.24, 2.45) is 0 Å². The average molecular weight is 315 g/mol. The van der Waals surface area contributed by atoms with Crippen LogP contribution >= 0.6 is 11.3 Å². The van der Waals surface area contributed by atoms with Gasteiger partial charge in [0.15, 0.2) is 0 Å². The quantitative estimate of drug-likeness (QED) is 0.783. The molecule has 0 atom stereocenters. The Bertz CT molecular complexity index is 751. The third-order valence-corrected chi connectivity index (χ3v) is 3.60. The highest BCUT2D eigenvalue weighted by molar-refractivity contribution is 7.08. The lowest BCUT2D eigenvalue weighted by Gasteiger charge is -2.04. The highest BCUT2D eigenvalue weighted by Crippen LogP contribution is 2.21. The Hall–Kier alpha value is -2.67. The fourth-order valence-corrected chi connectivity index (χ4v) is 2.47. The van der Waals surface area contributed by atoms with E-state index in [0.29, 0.717) is 11.6 Å². The number of carbonyl (C=O) groups excluding carboxylic acids is 1. The van der Waals surface area contributed by atoms with E-state index >= 15 is 0 Å². The van der Waals surface area contributed by atoms with E-state index in [1.165, 1.54) is 0 Å². The molecule has 0 saturated heterocycles. The number of hydrogen-bond acceptors (Lipinski definition) is 6. The molecule has 2 heterocycles. The minimum absolute atomic E-state index is 0.0309. The fourth-order valence-electron chi connectivity index (χ4n) is 1.84. The SMILES string of the molecule is COc1ccc(NC(=O)Cc2nnc(-c3ccsc3)o2)cc1. The Morgan fingerprint density at radius 3 is 2.77 bits per heavy atom. The van der Waals surface area contributed by atoms with E-state index < -0.39 is 0 Å². The molecule has 1 aromatic carbocycles. The molecule has 0 saturated carbocycles. The van der Waals surface area contributed by atoms with Crippen LogP contribution in [0.5, 0.6) is 5.75 Å². The summed E-state index contributed by atoms with van der Waals surface area (Å²) in [6, 6.07) is 8.97. The van der Waals surface area contributed by atoms with Crippen molar-refractivity contribution in [2.75, 3.05) is 12.4 Å². The molecule has 0 radical (unpaired) electrons. The van der Waals surface area contributed by atoms with Crippen LogP contribution in [0.4, 0.5) is 5.69 Å². The van der Waals surface area contributed by atoms with Gasteiger partial charge in [0, 0.05) is 16.6 Å². The predicted molar refractivity (Wildman–Crippen MR) is 82.9 cm³/mol. The molecule has 112 valence electrons. The number of nitrogens with zero attached hydrogens (tertiary/aromatic N) is 2. The van der Waals surface area contributed by atoms with Crippen molar-refractivity contribution in [3.63, 3.8) is 0 Å². The summed E-state index contributed by atoms with van der Waals surface area (Å²) in [5, 5.41) is 14.4. The number of ether oxygens (including phenoxy) is 1. The zero-order chi connectivity index (χ0) is 15.4. The normalized spacial score (nSPS) is 10.4. The second kappa shape index (κ2) is 6.40. The third kappa shape index (κ3) is 3.32. The van der Waals surface area contributed by atoms with Crippen LogP contribution in [-0.2, 0) is 11.2 Å². The van der Waals surface area contributed by atoms with Crippen molar-refractivity contribution in [2.45, 2.75) is 6.42 Å². The van der Waals surface area contributed by atoms with Gasteiger partial charge in [-0.25, -0.2) is 0 Å².